The van der Waals surface area contributed by atoms with Crippen LogP contribution >= 0.6 is 0 Å². The number of hydrogen-bond donors (Lipinski definition) is 2. The fraction of sp³-hybridized carbons (Fsp3) is 0.800. The monoisotopic (exact) mass is 229 g/mol. The second-order valence-electron chi connectivity index (χ2n) is 4.37. The normalized spacial score (nSPS) is 20.9. The van der Waals surface area contributed by atoms with Crippen molar-refractivity contribution in [3.63, 3.8) is 0 Å². The first-order valence-corrected chi connectivity index (χ1v) is 5.41. The van der Waals surface area contributed by atoms with Crippen LogP contribution in [0.2, 0.25) is 0 Å². The Hall–Kier alpha value is -1.30. The van der Waals surface area contributed by atoms with Crippen molar-refractivity contribution in [1.29, 1.82) is 0 Å². The van der Waals surface area contributed by atoms with Gasteiger partial charge < -0.3 is 20.2 Å². The zero-order chi connectivity index (χ0) is 12.1. The maximum absolute atomic E-state index is 11.7. The van der Waals surface area contributed by atoms with Crippen LogP contribution in [0.3, 0.4) is 0 Å². The van der Waals surface area contributed by atoms with Gasteiger partial charge in [0.15, 0.2) is 0 Å². The highest BCUT2D eigenvalue weighted by Crippen LogP contribution is 2.10. The Bertz CT molecular complexity index is 268. The van der Waals surface area contributed by atoms with Gasteiger partial charge in [0, 0.05) is 19.1 Å². The summed E-state index contributed by atoms with van der Waals surface area (Å²) in [6.07, 6.45) is 0.634. The number of likely N-dealkylation sites (N-methyl/N-ethyl adjacent to an activating group) is 1. The quantitative estimate of drug-likeness (QED) is 0.703. The number of rotatable bonds is 3. The predicted octanol–water partition coefficient (Wildman–Crippen LogP) is -0.193. The molecule has 2 N–H and O–H groups in total. The minimum absolute atomic E-state index is 0.0573. The molecule has 0 aromatic rings. The van der Waals surface area contributed by atoms with Gasteiger partial charge in [0.25, 0.3) is 0 Å². The van der Waals surface area contributed by atoms with E-state index in [-0.39, 0.29) is 11.9 Å². The Morgan fingerprint density at radius 2 is 2.19 bits per heavy atom. The summed E-state index contributed by atoms with van der Waals surface area (Å²) in [6, 6.07) is -0.127. The second kappa shape index (κ2) is 5.69. The van der Waals surface area contributed by atoms with Gasteiger partial charge in [0.2, 0.25) is 5.91 Å². The predicted molar refractivity (Wildman–Crippen MR) is 59.3 cm³/mol. The number of likely N-dealkylation sites (tertiary alicyclic amines) is 1. The van der Waals surface area contributed by atoms with E-state index in [1.165, 1.54) is 0 Å². The van der Waals surface area contributed by atoms with Gasteiger partial charge in [-0.25, -0.2) is 4.79 Å². The van der Waals surface area contributed by atoms with E-state index >= 15 is 0 Å². The van der Waals surface area contributed by atoms with Crippen LogP contribution < -0.4 is 5.32 Å². The number of piperidine rings is 1. The fourth-order valence-electron chi connectivity index (χ4n) is 1.87. The summed E-state index contributed by atoms with van der Waals surface area (Å²) in [7, 11) is 3.68. The highest BCUT2D eigenvalue weighted by atomic mass is 16.4. The Labute approximate surface area is 95.2 Å². The highest BCUT2D eigenvalue weighted by molar-refractivity contribution is 5.78. The van der Waals surface area contributed by atoms with E-state index in [2.05, 4.69) is 5.32 Å². The molecule has 6 nitrogen and oxygen atoms in total. The number of carbonyl (C=O) groups is 2. The van der Waals surface area contributed by atoms with Gasteiger partial charge in [0.05, 0.1) is 6.54 Å². The van der Waals surface area contributed by atoms with E-state index < -0.39 is 6.09 Å². The molecule has 1 aliphatic heterocycles. The smallest absolute Gasteiger partial charge is 0.404 e. The van der Waals surface area contributed by atoms with Gasteiger partial charge in [-0.05, 0) is 26.9 Å². The summed E-state index contributed by atoms with van der Waals surface area (Å²) >= 11 is 0. The average Bonchev–Trinajstić information content (AvgIpc) is 2.16. The molecule has 0 spiro atoms. The zero-order valence-electron chi connectivity index (χ0n) is 9.77. The van der Waals surface area contributed by atoms with Crippen LogP contribution in [0.15, 0.2) is 0 Å². The van der Waals surface area contributed by atoms with E-state index in [1.807, 2.05) is 19.0 Å². The van der Waals surface area contributed by atoms with E-state index in [9.17, 15) is 9.59 Å². The van der Waals surface area contributed by atoms with Crippen molar-refractivity contribution < 1.29 is 14.7 Å². The average molecular weight is 229 g/mol. The van der Waals surface area contributed by atoms with Crippen LogP contribution in [-0.4, -0.2) is 66.7 Å². The Morgan fingerprint density at radius 1 is 1.50 bits per heavy atom. The Kier molecular flexibility index (Phi) is 4.54. The molecule has 0 radical (unpaired) electrons. The maximum Gasteiger partial charge on any atom is 0.404 e. The van der Waals surface area contributed by atoms with Crippen LogP contribution in [0.4, 0.5) is 4.79 Å². The Balaban J connectivity index is 2.43. The number of nitrogens with zero attached hydrogens (tertiary/aromatic N) is 2. The molecule has 16 heavy (non-hydrogen) atoms. The third-order valence-electron chi connectivity index (χ3n) is 2.55. The summed E-state index contributed by atoms with van der Waals surface area (Å²) in [4.78, 5) is 25.8. The van der Waals surface area contributed by atoms with E-state index in [0.29, 0.717) is 13.1 Å². The molecule has 0 bridgehead atoms. The van der Waals surface area contributed by atoms with Crippen LogP contribution in [-0.2, 0) is 4.79 Å². The van der Waals surface area contributed by atoms with Crippen LogP contribution in [0.1, 0.15) is 12.8 Å². The number of nitrogens with one attached hydrogen (secondary N) is 1. The standard InChI is InChI=1S/C10H19N3O3/c1-12(2)7-9(14)13-5-3-4-8(6-13)11-10(15)16/h8,11H,3-7H2,1-2H3,(H,15,16)/t8-/m1/s1. The molecule has 1 aliphatic rings. The summed E-state index contributed by atoms with van der Waals surface area (Å²) in [5.41, 5.74) is 0. The van der Waals surface area contributed by atoms with Crippen molar-refractivity contribution in [2.45, 2.75) is 18.9 Å². The first-order chi connectivity index (χ1) is 7.49. The number of amides is 2. The first-order valence-electron chi connectivity index (χ1n) is 5.41. The van der Waals surface area contributed by atoms with E-state index in [4.69, 9.17) is 5.11 Å². The van der Waals surface area contributed by atoms with Crippen molar-refractivity contribution in [2.75, 3.05) is 33.7 Å². The molecular weight excluding hydrogens is 210 g/mol. The lowest BCUT2D eigenvalue weighted by molar-refractivity contribution is -0.133. The van der Waals surface area contributed by atoms with Crippen molar-refractivity contribution >= 4 is 12.0 Å². The largest absolute Gasteiger partial charge is 0.465 e. The molecule has 1 rings (SSSR count). The lowest BCUT2D eigenvalue weighted by Crippen LogP contribution is -2.51. The fourth-order valence-corrected chi connectivity index (χ4v) is 1.87. The molecule has 0 aromatic carbocycles. The van der Waals surface area contributed by atoms with Crippen LogP contribution in [0.25, 0.3) is 0 Å². The van der Waals surface area contributed by atoms with Crippen molar-refractivity contribution in [3.05, 3.63) is 0 Å². The molecule has 1 heterocycles. The molecule has 92 valence electrons. The van der Waals surface area contributed by atoms with Gasteiger partial charge in [-0.3, -0.25) is 4.79 Å². The minimum atomic E-state index is -1.02. The van der Waals surface area contributed by atoms with Crippen molar-refractivity contribution in [3.8, 4) is 0 Å². The number of hydrogen-bond acceptors (Lipinski definition) is 3. The highest BCUT2D eigenvalue weighted by Gasteiger charge is 2.24. The maximum atomic E-state index is 11.7. The van der Waals surface area contributed by atoms with Crippen molar-refractivity contribution in [2.24, 2.45) is 0 Å². The summed E-state index contributed by atoms with van der Waals surface area (Å²) in [5.74, 6) is 0.0573. The van der Waals surface area contributed by atoms with Crippen LogP contribution in [0, 0.1) is 0 Å². The van der Waals surface area contributed by atoms with Gasteiger partial charge in [0.1, 0.15) is 0 Å². The van der Waals surface area contributed by atoms with E-state index in [0.717, 1.165) is 19.4 Å². The third-order valence-corrected chi connectivity index (χ3v) is 2.55. The zero-order valence-corrected chi connectivity index (χ0v) is 9.77. The van der Waals surface area contributed by atoms with Crippen LogP contribution in [0.5, 0.6) is 0 Å². The molecule has 1 atom stereocenters. The van der Waals surface area contributed by atoms with Gasteiger partial charge in [-0.1, -0.05) is 0 Å². The van der Waals surface area contributed by atoms with Gasteiger partial charge in [-0.2, -0.15) is 0 Å². The van der Waals surface area contributed by atoms with Crippen molar-refractivity contribution in [1.82, 2.24) is 15.1 Å². The lowest BCUT2D eigenvalue weighted by atomic mass is 10.1. The first kappa shape index (κ1) is 12.8. The number of carboxylic acid groups (broad SMARTS) is 1. The molecule has 2 amide bonds. The summed E-state index contributed by atoms with van der Waals surface area (Å²) < 4.78 is 0. The minimum Gasteiger partial charge on any atom is -0.465 e. The van der Waals surface area contributed by atoms with E-state index in [1.54, 1.807) is 4.90 Å². The molecular formula is C10H19N3O3. The molecule has 0 unspecified atom stereocenters. The molecule has 0 saturated carbocycles. The van der Waals surface area contributed by atoms with Gasteiger partial charge >= 0.3 is 6.09 Å². The molecule has 1 saturated heterocycles. The topological polar surface area (TPSA) is 72.9 Å². The molecule has 1 fully saturated rings. The molecule has 6 heteroatoms. The summed E-state index contributed by atoms with van der Waals surface area (Å²) in [6.45, 7) is 1.59. The third kappa shape index (κ3) is 4.06. The Morgan fingerprint density at radius 3 is 2.75 bits per heavy atom. The molecule has 0 aliphatic carbocycles. The second-order valence-corrected chi connectivity index (χ2v) is 4.37. The SMILES string of the molecule is CN(C)CC(=O)N1CCC[C@@H](NC(=O)O)C1. The molecule has 0 aromatic heterocycles. The summed E-state index contributed by atoms with van der Waals surface area (Å²) in [5, 5.41) is 11.0. The number of carbonyl (C=O) groups excluding carboxylic acids is 1. The lowest BCUT2D eigenvalue weighted by Gasteiger charge is -2.33. The van der Waals surface area contributed by atoms with Gasteiger partial charge in [-0.15, -0.1) is 0 Å².